The molecule has 0 spiro atoms. The Kier molecular flexibility index (Phi) is 5.20. The molecule has 0 saturated carbocycles. The van der Waals surface area contributed by atoms with Crippen molar-refractivity contribution in [2.45, 2.75) is 6.54 Å². The lowest BCUT2D eigenvalue weighted by Crippen LogP contribution is -2.23. The van der Waals surface area contributed by atoms with Crippen LogP contribution in [0.25, 0.3) is 0 Å². The number of amides is 1. The van der Waals surface area contributed by atoms with Crippen molar-refractivity contribution in [1.29, 1.82) is 0 Å². The molecule has 0 atom stereocenters. The number of nitro benzene ring substituents is 1. The number of benzene rings is 2. The Morgan fingerprint density at radius 3 is 2.62 bits per heavy atom. The first-order valence-corrected chi connectivity index (χ1v) is 7.00. The number of para-hydroxylation sites is 1. The molecule has 2 rings (SSSR count). The van der Waals surface area contributed by atoms with Gasteiger partial charge in [-0.2, -0.15) is 0 Å². The Balaban J connectivity index is 2.17. The molecule has 8 nitrogen and oxygen atoms in total. The summed E-state index contributed by atoms with van der Waals surface area (Å²) in [5.41, 5.74) is 6.09. The number of methoxy groups -OCH3 is 2. The average Bonchev–Trinajstić information content (AvgIpc) is 2.59. The molecule has 0 aliphatic rings. The quantitative estimate of drug-likeness (QED) is 0.476. The number of carbonyl (C=O) groups excluding carboxylic acids is 1. The van der Waals surface area contributed by atoms with Gasteiger partial charge < -0.3 is 20.5 Å². The van der Waals surface area contributed by atoms with E-state index in [1.165, 1.54) is 26.4 Å². The third-order valence-corrected chi connectivity index (χ3v) is 3.41. The highest BCUT2D eigenvalue weighted by Crippen LogP contribution is 2.30. The fraction of sp³-hybridized carbons (Fsp3) is 0.188. The maximum absolute atomic E-state index is 12.2. The lowest BCUT2D eigenvalue weighted by atomic mass is 10.1. The van der Waals surface area contributed by atoms with Crippen molar-refractivity contribution in [3.8, 4) is 11.5 Å². The third kappa shape index (κ3) is 3.54. The number of ether oxygens (including phenoxy) is 2. The lowest BCUT2D eigenvalue weighted by molar-refractivity contribution is -0.383. The number of nitrogens with zero attached hydrogens (tertiary/aromatic N) is 1. The first-order valence-electron chi connectivity index (χ1n) is 7.00. The Morgan fingerprint density at radius 1 is 1.25 bits per heavy atom. The van der Waals surface area contributed by atoms with Gasteiger partial charge in [0.2, 0.25) is 0 Å². The number of nitrogen functional groups attached to an aromatic ring is 1. The molecule has 0 heterocycles. The Morgan fingerprint density at radius 2 is 2.00 bits per heavy atom. The van der Waals surface area contributed by atoms with Crippen LogP contribution in [0.1, 0.15) is 15.9 Å². The van der Waals surface area contributed by atoms with Gasteiger partial charge in [-0.1, -0.05) is 12.1 Å². The number of nitro groups is 1. The molecule has 2 aromatic rings. The molecule has 126 valence electrons. The molecule has 0 aliphatic heterocycles. The Hall–Kier alpha value is -3.29. The van der Waals surface area contributed by atoms with Gasteiger partial charge in [0.25, 0.3) is 11.6 Å². The third-order valence-electron chi connectivity index (χ3n) is 3.41. The molecule has 0 saturated heterocycles. The van der Waals surface area contributed by atoms with Crippen molar-refractivity contribution in [1.82, 2.24) is 5.32 Å². The van der Waals surface area contributed by atoms with Crippen molar-refractivity contribution in [3.63, 3.8) is 0 Å². The van der Waals surface area contributed by atoms with Crippen molar-refractivity contribution >= 4 is 17.3 Å². The number of carbonyl (C=O) groups is 1. The van der Waals surface area contributed by atoms with E-state index < -0.39 is 10.8 Å². The maximum atomic E-state index is 12.2. The number of hydrogen-bond acceptors (Lipinski definition) is 6. The topological polar surface area (TPSA) is 117 Å². The summed E-state index contributed by atoms with van der Waals surface area (Å²) in [6.07, 6.45) is 0. The van der Waals surface area contributed by atoms with E-state index in [0.29, 0.717) is 11.5 Å². The largest absolute Gasteiger partial charge is 0.493 e. The molecule has 1 amide bonds. The van der Waals surface area contributed by atoms with Crippen LogP contribution in [0.5, 0.6) is 11.5 Å². The summed E-state index contributed by atoms with van der Waals surface area (Å²) in [6, 6.07) is 9.21. The SMILES string of the molecule is COc1cccc(CNC(=O)c2ccc(N)c([N+](=O)[O-])c2)c1OC. The summed E-state index contributed by atoms with van der Waals surface area (Å²) in [7, 11) is 3.03. The minimum atomic E-state index is -0.628. The number of anilines is 1. The summed E-state index contributed by atoms with van der Waals surface area (Å²) in [5, 5.41) is 13.6. The van der Waals surface area contributed by atoms with Gasteiger partial charge in [-0.05, 0) is 18.2 Å². The summed E-state index contributed by atoms with van der Waals surface area (Å²) >= 11 is 0. The molecule has 0 radical (unpaired) electrons. The van der Waals surface area contributed by atoms with Crippen LogP contribution < -0.4 is 20.5 Å². The fourth-order valence-electron chi connectivity index (χ4n) is 2.21. The molecule has 0 fully saturated rings. The summed E-state index contributed by atoms with van der Waals surface area (Å²) < 4.78 is 10.5. The summed E-state index contributed by atoms with van der Waals surface area (Å²) in [4.78, 5) is 22.5. The summed E-state index contributed by atoms with van der Waals surface area (Å²) in [5.74, 6) is 0.610. The van der Waals surface area contributed by atoms with Crippen LogP contribution in [0.4, 0.5) is 11.4 Å². The molecular weight excluding hydrogens is 314 g/mol. The van der Waals surface area contributed by atoms with Gasteiger partial charge in [-0.3, -0.25) is 14.9 Å². The lowest BCUT2D eigenvalue weighted by Gasteiger charge is -2.13. The van der Waals surface area contributed by atoms with E-state index >= 15 is 0 Å². The van der Waals surface area contributed by atoms with Crippen molar-refractivity contribution in [2.24, 2.45) is 0 Å². The van der Waals surface area contributed by atoms with Gasteiger partial charge in [-0.15, -0.1) is 0 Å². The second-order valence-electron chi connectivity index (χ2n) is 4.87. The highest BCUT2D eigenvalue weighted by molar-refractivity contribution is 5.95. The van der Waals surface area contributed by atoms with E-state index in [4.69, 9.17) is 15.2 Å². The zero-order valence-corrected chi connectivity index (χ0v) is 13.2. The monoisotopic (exact) mass is 331 g/mol. The molecule has 24 heavy (non-hydrogen) atoms. The number of nitrogens with one attached hydrogen (secondary N) is 1. The molecule has 8 heteroatoms. The maximum Gasteiger partial charge on any atom is 0.292 e. The zero-order valence-electron chi connectivity index (χ0n) is 13.2. The van der Waals surface area contributed by atoms with Gasteiger partial charge in [0, 0.05) is 23.7 Å². The van der Waals surface area contributed by atoms with Crippen LogP contribution >= 0.6 is 0 Å². The minimum Gasteiger partial charge on any atom is -0.493 e. The zero-order chi connectivity index (χ0) is 17.7. The van der Waals surface area contributed by atoms with Crippen molar-refractivity contribution in [2.75, 3.05) is 20.0 Å². The van der Waals surface area contributed by atoms with E-state index in [9.17, 15) is 14.9 Å². The number of rotatable bonds is 6. The van der Waals surface area contributed by atoms with Gasteiger partial charge in [-0.25, -0.2) is 0 Å². The number of hydrogen-bond donors (Lipinski definition) is 2. The molecule has 3 N–H and O–H groups in total. The average molecular weight is 331 g/mol. The van der Waals surface area contributed by atoms with E-state index in [1.807, 2.05) is 0 Å². The van der Waals surface area contributed by atoms with E-state index in [0.717, 1.165) is 11.6 Å². The standard InChI is InChI=1S/C16H17N3O5/c1-23-14-5-3-4-11(15(14)24-2)9-18-16(20)10-6-7-12(17)13(8-10)19(21)22/h3-8H,9,17H2,1-2H3,(H,18,20). The van der Waals surface area contributed by atoms with Gasteiger partial charge >= 0.3 is 0 Å². The fourth-order valence-corrected chi connectivity index (χ4v) is 2.21. The first-order chi connectivity index (χ1) is 11.5. The molecule has 0 unspecified atom stereocenters. The highest BCUT2D eigenvalue weighted by atomic mass is 16.6. The molecule has 2 aromatic carbocycles. The van der Waals surface area contributed by atoms with Crippen LogP contribution in [-0.4, -0.2) is 25.1 Å². The second kappa shape index (κ2) is 7.32. The van der Waals surface area contributed by atoms with Crippen LogP contribution in [0.3, 0.4) is 0 Å². The molecular formula is C16H17N3O5. The van der Waals surface area contributed by atoms with Crippen molar-refractivity contribution in [3.05, 3.63) is 57.6 Å². The van der Waals surface area contributed by atoms with Gasteiger partial charge in [0.05, 0.1) is 19.1 Å². The Bertz CT molecular complexity index is 776. The van der Waals surface area contributed by atoms with Gasteiger partial charge in [0.15, 0.2) is 11.5 Å². The first kappa shape index (κ1) is 17.1. The number of nitrogens with two attached hydrogens (primary N) is 1. The summed E-state index contributed by atoms with van der Waals surface area (Å²) in [6.45, 7) is 0.178. The minimum absolute atomic E-state index is 0.00557. The van der Waals surface area contributed by atoms with Gasteiger partial charge in [0.1, 0.15) is 5.69 Å². The van der Waals surface area contributed by atoms with E-state index in [1.54, 1.807) is 18.2 Å². The predicted molar refractivity (Wildman–Crippen MR) is 88.2 cm³/mol. The molecule has 0 aromatic heterocycles. The molecule has 0 aliphatic carbocycles. The second-order valence-corrected chi connectivity index (χ2v) is 4.87. The highest BCUT2D eigenvalue weighted by Gasteiger charge is 2.16. The van der Waals surface area contributed by atoms with Crippen molar-refractivity contribution < 1.29 is 19.2 Å². The Labute approximate surface area is 138 Å². The van der Waals surface area contributed by atoms with E-state index in [-0.39, 0.29) is 23.5 Å². The smallest absolute Gasteiger partial charge is 0.292 e. The van der Waals surface area contributed by atoms with Crippen LogP contribution in [0.2, 0.25) is 0 Å². The van der Waals surface area contributed by atoms with Crippen LogP contribution in [-0.2, 0) is 6.54 Å². The normalized spacial score (nSPS) is 10.1. The van der Waals surface area contributed by atoms with Crippen LogP contribution in [0, 0.1) is 10.1 Å². The van der Waals surface area contributed by atoms with E-state index in [2.05, 4.69) is 5.32 Å². The van der Waals surface area contributed by atoms with Crippen LogP contribution in [0.15, 0.2) is 36.4 Å². The predicted octanol–water partition coefficient (Wildman–Crippen LogP) is 2.12. The molecule has 0 bridgehead atoms.